The second-order valence-electron chi connectivity index (χ2n) is 6.16. The van der Waals surface area contributed by atoms with Crippen LogP contribution in [0.3, 0.4) is 0 Å². The zero-order chi connectivity index (χ0) is 18.7. The number of carbonyl (C=O) groups is 1. The first-order valence-electron chi connectivity index (χ1n) is 8.30. The number of hydrogen-bond acceptors (Lipinski definition) is 4. The molecule has 1 aliphatic rings. The van der Waals surface area contributed by atoms with Crippen molar-refractivity contribution in [1.82, 2.24) is 5.32 Å². The van der Waals surface area contributed by atoms with Crippen molar-refractivity contribution in [2.45, 2.75) is 25.0 Å². The number of nitrogen functional groups attached to an aromatic ring is 1. The molecule has 1 heterocycles. The minimum Gasteiger partial charge on any atom is -0.494 e. The third-order valence-electron chi connectivity index (χ3n) is 4.40. The molecule has 2 unspecified atom stereocenters. The van der Waals surface area contributed by atoms with Crippen molar-refractivity contribution >= 4 is 27.5 Å². The topological polar surface area (TPSA) is 73.6 Å². The van der Waals surface area contributed by atoms with Crippen molar-refractivity contribution in [3.63, 3.8) is 0 Å². The van der Waals surface area contributed by atoms with Gasteiger partial charge in [0.1, 0.15) is 0 Å². The van der Waals surface area contributed by atoms with E-state index in [-0.39, 0.29) is 23.9 Å². The van der Waals surface area contributed by atoms with Crippen LogP contribution in [0.25, 0.3) is 0 Å². The first-order valence-corrected chi connectivity index (χ1v) is 9.09. The lowest BCUT2D eigenvalue weighted by molar-refractivity contribution is 0.0434. The summed E-state index contributed by atoms with van der Waals surface area (Å²) < 4.78 is 25.4. The number of nitrogens with one attached hydrogen (secondary N) is 1. The summed E-state index contributed by atoms with van der Waals surface area (Å²) in [7, 11) is 1.43. The van der Waals surface area contributed by atoms with Crippen LogP contribution in [-0.2, 0) is 4.74 Å². The van der Waals surface area contributed by atoms with E-state index in [1.165, 1.54) is 13.2 Å². The first-order chi connectivity index (χ1) is 12.5. The Morgan fingerprint density at radius 1 is 1.35 bits per heavy atom. The van der Waals surface area contributed by atoms with Crippen LogP contribution in [-0.4, -0.2) is 25.7 Å². The highest BCUT2D eigenvalue weighted by Crippen LogP contribution is 2.34. The number of hydrogen-bond donors (Lipinski definition) is 2. The summed E-state index contributed by atoms with van der Waals surface area (Å²) in [5.74, 6) is -0.427. The van der Waals surface area contributed by atoms with Crippen molar-refractivity contribution in [1.29, 1.82) is 0 Å². The summed E-state index contributed by atoms with van der Waals surface area (Å²) in [6, 6.07) is 9.88. The van der Waals surface area contributed by atoms with Gasteiger partial charge in [-0.15, -0.1) is 0 Å². The number of rotatable bonds is 5. The zero-order valence-corrected chi connectivity index (χ0v) is 15.9. The van der Waals surface area contributed by atoms with E-state index in [1.807, 2.05) is 0 Å². The predicted octanol–water partition coefficient (Wildman–Crippen LogP) is 3.83. The molecule has 26 heavy (non-hydrogen) atoms. The van der Waals surface area contributed by atoms with Crippen LogP contribution in [0.1, 0.15) is 34.9 Å². The zero-order valence-electron chi connectivity index (χ0n) is 14.3. The lowest BCUT2D eigenvalue weighted by Crippen LogP contribution is -2.32. The number of benzene rings is 2. The van der Waals surface area contributed by atoms with Crippen LogP contribution >= 0.6 is 15.9 Å². The molecule has 0 bridgehead atoms. The molecule has 0 radical (unpaired) electrons. The molecule has 1 amide bonds. The Labute approximate surface area is 159 Å². The van der Waals surface area contributed by atoms with E-state index in [0.717, 1.165) is 22.9 Å². The number of methoxy groups -OCH3 is 1. The Morgan fingerprint density at radius 3 is 2.88 bits per heavy atom. The summed E-state index contributed by atoms with van der Waals surface area (Å²) in [6.45, 7) is 0.392. The fourth-order valence-corrected chi connectivity index (χ4v) is 3.40. The second-order valence-corrected chi connectivity index (χ2v) is 7.08. The monoisotopic (exact) mass is 422 g/mol. The number of anilines is 1. The van der Waals surface area contributed by atoms with Gasteiger partial charge in [-0.1, -0.05) is 22.0 Å². The molecular weight excluding hydrogens is 403 g/mol. The predicted molar refractivity (Wildman–Crippen MR) is 101 cm³/mol. The molecule has 0 saturated carbocycles. The molecule has 2 aromatic rings. The molecule has 138 valence electrons. The van der Waals surface area contributed by atoms with Crippen molar-refractivity contribution in [3.05, 3.63) is 57.8 Å². The van der Waals surface area contributed by atoms with Gasteiger partial charge in [0.2, 0.25) is 0 Å². The molecule has 3 rings (SSSR count). The van der Waals surface area contributed by atoms with Crippen molar-refractivity contribution in [3.8, 4) is 5.75 Å². The van der Waals surface area contributed by atoms with Gasteiger partial charge in [-0.05, 0) is 48.7 Å². The van der Waals surface area contributed by atoms with E-state index in [4.69, 9.17) is 15.2 Å². The normalized spacial score (nSPS) is 19.3. The van der Waals surface area contributed by atoms with Gasteiger partial charge in [0.25, 0.3) is 5.91 Å². The molecule has 0 aromatic heterocycles. The lowest BCUT2D eigenvalue weighted by atomic mass is 10.1. The average Bonchev–Trinajstić information content (AvgIpc) is 3.09. The fourth-order valence-electron chi connectivity index (χ4n) is 3.02. The van der Waals surface area contributed by atoms with Crippen LogP contribution in [0.5, 0.6) is 5.75 Å². The molecule has 1 aliphatic heterocycles. The number of halogens is 2. The van der Waals surface area contributed by atoms with Crippen LogP contribution in [0.2, 0.25) is 0 Å². The maximum atomic E-state index is 13.5. The van der Waals surface area contributed by atoms with Gasteiger partial charge in [-0.2, -0.15) is 0 Å². The Morgan fingerprint density at radius 2 is 2.15 bits per heavy atom. The second kappa shape index (κ2) is 8.05. The quantitative estimate of drug-likeness (QED) is 0.718. The molecule has 0 aliphatic carbocycles. The summed E-state index contributed by atoms with van der Waals surface area (Å²) in [6.07, 6.45) is 1.37. The van der Waals surface area contributed by atoms with Crippen LogP contribution in [0, 0.1) is 5.82 Å². The average molecular weight is 423 g/mol. The molecule has 1 saturated heterocycles. The molecular formula is C19H20BrFN2O3. The highest BCUT2D eigenvalue weighted by molar-refractivity contribution is 9.10. The van der Waals surface area contributed by atoms with Gasteiger partial charge < -0.3 is 20.5 Å². The van der Waals surface area contributed by atoms with E-state index in [1.54, 1.807) is 30.3 Å². The van der Waals surface area contributed by atoms with Gasteiger partial charge in [-0.25, -0.2) is 4.39 Å². The summed E-state index contributed by atoms with van der Waals surface area (Å²) in [4.78, 5) is 12.3. The fraction of sp³-hybridized carbons (Fsp3) is 0.316. The standard InChI is InChI=1S/C19H20BrFN2O3/c1-25-18-8-11(2-6-15(18)21)17-7-4-13(26-17)10-23-19(24)14-5-3-12(20)9-16(14)22/h2-3,5-6,8-9,13,17H,4,7,10,22H2,1H3,(H,23,24). The minimum absolute atomic E-state index is 0.100. The molecule has 2 atom stereocenters. The molecule has 3 N–H and O–H groups in total. The smallest absolute Gasteiger partial charge is 0.253 e. The van der Waals surface area contributed by atoms with Gasteiger partial charge in [0.15, 0.2) is 11.6 Å². The molecule has 0 spiro atoms. The SMILES string of the molecule is COc1cc(C2CCC(CNC(=O)c3ccc(Br)cc3N)O2)ccc1F. The Hall–Kier alpha value is -2.12. The van der Waals surface area contributed by atoms with Crippen LogP contribution in [0.15, 0.2) is 40.9 Å². The summed E-state index contributed by atoms with van der Waals surface area (Å²) >= 11 is 3.32. The van der Waals surface area contributed by atoms with Crippen molar-refractivity contribution < 1.29 is 18.7 Å². The highest BCUT2D eigenvalue weighted by Gasteiger charge is 2.27. The largest absolute Gasteiger partial charge is 0.494 e. The number of ether oxygens (including phenoxy) is 2. The Bertz CT molecular complexity index is 815. The molecule has 2 aromatic carbocycles. The summed E-state index contributed by atoms with van der Waals surface area (Å²) in [5.41, 5.74) is 7.60. The number of amides is 1. The van der Waals surface area contributed by atoms with E-state index in [2.05, 4.69) is 21.2 Å². The van der Waals surface area contributed by atoms with Crippen LogP contribution < -0.4 is 15.8 Å². The first kappa shape index (κ1) is 18.7. The van der Waals surface area contributed by atoms with E-state index in [0.29, 0.717) is 17.8 Å². The lowest BCUT2D eigenvalue weighted by Gasteiger charge is -2.16. The Kier molecular flexibility index (Phi) is 5.78. The van der Waals surface area contributed by atoms with Crippen molar-refractivity contribution in [2.24, 2.45) is 0 Å². The van der Waals surface area contributed by atoms with Gasteiger partial charge in [-0.3, -0.25) is 4.79 Å². The highest BCUT2D eigenvalue weighted by atomic mass is 79.9. The number of nitrogens with two attached hydrogens (primary N) is 1. The van der Waals surface area contributed by atoms with Gasteiger partial charge in [0, 0.05) is 16.7 Å². The number of carbonyl (C=O) groups excluding carboxylic acids is 1. The van der Waals surface area contributed by atoms with Crippen LogP contribution in [0.4, 0.5) is 10.1 Å². The third kappa shape index (κ3) is 4.16. The minimum atomic E-state index is -0.398. The van der Waals surface area contributed by atoms with Gasteiger partial charge in [0.05, 0.1) is 24.9 Å². The van der Waals surface area contributed by atoms with E-state index >= 15 is 0 Å². The maximum absolute atomic E-state index is 13.5. The molecule has 1 fully saturated rings. The Balaban J connectivity index is 1.57. The van der Waals surface area contributed by atoms with Gasteiger partial charge >= 0.3 is 0 Å². The summed E-state index contributed by atoms with van der Waals surface area (Å²) in [5, 5.41) is 2.86. The molecule has 5 nitrogen and oxygen atoms in total. The van der Waals surface area contributed by atoms with E-state index < -0.39 is 5.82 Å². The maximum Gasteiger partial charge on any atom is 0.253 e. The third-order valence-corrected chi connectivity index (χ3v) is 4.90. The van der Waals surface area contributed by atoms with E-state index in [9.17, 15) is 9.18 Å². The molecule has 7 heteroatoms. The van der Waals surface area contributed by atoms with Crippen molar-refractivity contribution in [2.75, 3.05) is 19.4 Å².